The molecule has 0 radical (unpaired) electrons. The fourth-order valence-corrected chi connectivity index (χ4v) is 1.64. The van der Waals surface area contributed by atoms with Crippen LogP contribution in [0, 0.1) is 0 Å². The van der Waals surface area contributed by atoms with Gasteiger partial charge in [-0.25, -0.2) is 0 Å². The Kier molecular flexibility index (Phi) is 10.7. The van der Waals surface area contributed by atoms with Gasteiger partial charge in [0, 0.05) is 6.42 Å². The van der Waals surface area contributed by atoms with E-state index in [0.29, 0.717) is 6.61 Å². The molecule has 0 unspecified atom stereocenters. The van der Waals surface area contributed by atoms with Gasteiger partial charge in [-0.1, -0.05) is 19.3 Å². The first kappa shape index (κ1) is 18.3. The maximum absolute atomic E-state index is 10.3. The van der Waals surface area contributed by atoms with Crippen molar-refractivity contribution in [3.8, 4) is 11.5 Å². The van der Waals surface area contributed by atoms with Crippen molar-refractivity contribution >= 4 is 35.5 Å². The van der Waals surface area contributed by atoms with Crippen LogP contribution in [0.5, 0.6) is 11.5 Å². The molecule has 4 nitrogen and oxygen atoms in total. The van der Waals surface area contributed by atoms with Crippen molar-refractivity contribution in [2.24, 2.45) is 0 Å². The van der Waals surface area contributed by atoms with Crippen LogP contribution in [0.2, 0.25) is 0 Å². The van der Waals surface area contributed by atoms with Gasteiger partial charge in [0.15, 0.2) is 0 Å². The Labute approximate surface area is 136 Å². The molecule has 2 N–H and O–H groups in total. The summed E-state index contributed by atoms with van der Waals surface area (Å²) in [5.74, 6) is 0.283. The molecule has 1 aromatic rings. The summed E-state index contributed by atoms with van der Waals surface area (Å²) in [5, 5.41) is 17.6. The number of ether oxygens (including phenoxy) is 1. The van der Waals surface area contributed by atoms with E-state index in [2.05, 4.69) is 0 Å². The van der Waals surface area contributed by atoms with Gasteiger partial charge in [0.05, 0.1) is 6.61 Å². The van der Waals surface area contributed by atoms with E-state index >= 15 is 0 Å². The number of phenols is 1. The van der Waals surface area contributed by atoms with Crippen molar-refractivity contribution < 1.29 is 19.7 Å². The minimum atomic E-state index is -0.717. The Morgan fingerprint density at radius 2 is 1.58 bits per heavy atom. The van der Waals surface area contributed by atoms with Crippen molar-refractivity contribution in [1.29, 1.82) is 0 Å². The molecule has 0 aliphatic carbocycles. The number of rotatable bonds is 9. The summed E-state index contributed by atoms with van der Waals surface area (Å²) in [4.78, 5) is 10.3. The molecular weight excluding hydrogens is 255 g/mol. The van der Waals surface area contributed by atoms with E-state index in [1.54, 1.807) is 24.3 Å². The molecule has 5 heteroatoms. The summed E-state index contributed by atoms with van der Waals surface area (Å²) in [6.45, 7) is 0.656. The van der Waals surface area contributed by atoms with E-state index in [9.17, 15) is 4.79 Å². The summed E-state index contributed by atoms with van der Waals surface area (Å²) in [6, 6.07) is 6.67. The SMILES string of the molecule is O=C(O)CCCCCCCOc1ccc(O)cc1.[NaH]. The molecule has 0 aliphatic heterocycles. The minimum absolute atomic E-state index is 0. The van der Waals surface area contributed by atoms with E-state index in [-0.39, 0.29) is 41.7 Å². The molecular formula is C14H21NaO4. The Balaban J connectivity index is 0.00000324. The summed E-state index contributed by atoms with van der Waals surface area (Å²) in [6.07, 6.45) is 5.06. The quantitative estimate of drug-likeness (QED) is 0.537. The normalized spacial score (nSPS) is 9.68. The molecule has 0 spiro atoms. The summed E-state index contributed by atoms with van der Waals surface area (Å²) < 4.78 is 5.50. The summed E-state index contributed by atoms with van der Waals surface area (Å²) >= 11 is 0. The fourth-order valence-electron chi connectivity index (χ4n) is 1.64. The Morgan fingerprint density at radius 1 is 1.00 bits per heavy atom. The van der Waals surface area contributed by atoms with E-state index in [0.717, 1.165) is 37.9 Å². The van der Waals surface area contributed by atoms with Gasteiger partial charge in [-0.3, -0.25) is 4.79 Å². The Hall–Kier alpha value is -0.710. The molecule has 0 saturated heterocycles. The molecule has 1 aromatic carbocycles. The number of hydrogen-bond acceptors (Lipinski definition) is 3. The molecule has 0 aromatic heterocycles. The second kappa shape index (κ2) is 11.1. The molecule has 0 bridgehead atoms. The van der Waals surface area contributed by atoms with Crippen LogP contribution in [0.4, 0.5) is 0 Å². The van der Waals surface area contributed by atoms with Crippen molar-refractivity contribution in [3.63, 3.8) is 0 Å². The number of benzene rings is 1. The number of aliphatic carboxylic acids is 1. The zero-order valence-electron chi connectivity index (χ0n) is 10.5. The molecule has 0 saturated carbocycles. The summed E-state index contributed by atoms with van der Waals surface area (Å²) in [7, 11) is 0. The van der Waals surface area contributed by atoms with E-state index in [4.69, 9.17) is 14.9 Å². The monoisotopic (exact) mass is 276 g/mol. The third kappa shape index (κ3) is 9.82. The van der Waals surface area contributed by atoms with Crippen molar-refractivity contribution in [3.05, 3.63) is 24.3 Å². The number of carboxylic acid groups (broad SMARTS) is 1. The molecule has 0 atom stereocenters. The molecule has 0 amide bonds. The topological polar surface area (TPSA) is 66.8 Å². The van der Waals surface area contributed by atoms with Gasteiger partial charge < -0.3 is 14.9 Å². The third-order valence-corrected chi connectivity index (χ3v) is 2.64. The van der Waals surface area contributed by atoms with Crippen molar-refractivity contribution in [2.45, 2.75) is 38.5 Å². The van der Waals surface area contributed by atoms with Crippen LogP contribution >= 0.6 is 0 Å². The molecule has 0 aliphatic rings. The Morgan fingerprint density at radius 3 is 2.21 bits per heavy atom. The van der Waals surface area contributed by atoms with E-state index < -0.39 is 5.97 Å². The standard InChI is InChI=1S/C14H20O4.Na.H/c15-12-7-9-13(10-8-12)18-11-5-3-1-2-4-6-14(16)17;;/h7-10,15H,1-6,11H2,(H,16,17);;. The van der Waals surface area contributed by atoms with Crippen LogP contribution in [0.25, 0.3) is 0 Å². The predicted molar refractivity (Wildman–Crippen MR) is 76.1 cm³/mol. The molecule has 19 heavy (non-hydrogen) atoms. The average molecular weight is 276 g/mol. The number of unbranched alkanes of at least 4 members (excludes halogenated alkanes) is 4. The van der Waals surface area contributed by atoms with E-state index in [1.165, 1.54) is 0 Å². The molecule has 0 fully saturated rings. The van der Waals surface area contributed by atoms with Gasteiger partial charge in [0.25, 0.3) is 0 Å². The van der Waals surface area contributed by atoms with Gasteiger partial charge in [-0.05, 0) is 37.1 Å². The van der Waals surface area contributed by atoms with Gasteiger partial charge in [0.1, 0.15) is 11.5 Å². The first-order valence-corrected chi connectivity index (χ1v) is 6.32. The third-order valence-electron chi connectivity index (χ3n) is 2.64. The van der Waals surface area contributed by atoms with Gasteiger partial charge in [-0.2, -0.15) is 0 Å². The van der Waals surface area contributed by atoms with Crippen LogP contribution in [0.3, 0.4) is 0 Å². The second-order valence-electron chi connectivity index (χ2n) is 4.25. The predicted octanol–water partition coefficient (Wildman–Crippen LogP) is 2.55. The zero-order chi connectivity index (χ0) is 13.2. The van der Waals surface area contributed by atoms with Crippen LogP contribution < -0.4 is 4.74 Å². The number of phenolic OH excluding ortho intramolecular Hbond substituents is 1. The fraction of sp³-hybridized carbons (Fsp3) is 0.500. The zero-order valence-corrected chi connectivity index (χ0v) is 10.5. The molecule has 102 valence electrons. The number of carboxylic acids is 1. The average Bonchev–Trinajstić information content (AvgIpc) is 2.34. The Bertz CT molecular complexity index is 351. The first-order chi connectivity index (χ1) is 8.68. The molecule has 0 heterocycles. The van der Waals surface area contributed by atoms with Gasteiger partial charge in [-0.15, -0.1) is 0 Å². The van der Waals surface area contributed by atoms with Gasteiger partial charge in [0.2, 0.25) is 0 Å². The van der Waals surface area contributed by atoms with Crippen molar-refractivity contribution in [2.75, 3.05) is 6.61 Å². The first-order valence-electron chi connectivity index (χ1n) is 6.32. The van der Waals surface area contributed by atoms with Crippen LogP contribution in [0.15, 0.2) is 24.3 Å². The van der Waals surface area contributed by atoms with E-state index in [1.807, 2.05) is 0 Å². The summed E-state index contributed by atoms with van der Waals surface area (Å²) in [5.41, 5.74) is 0. The van der Waals surface area contributed by atoms with Crippen LogP contribution in [-0.4, -0.2) is 52.3 Å². The maximum atomic E-state index is 10.3. The second-order valence-corrected chi connectivity index (χ2v) is 4.25. The van der Waals surface area contributed by atoms with Crippen molar-refractivity contribution in [1.82, 2.24) is 0 Å². The molecule has 1 rings (SSSR count). The van der Waals surface area contributed by atoms with Crippen LogP contribution in [-0.2, 0) is 4.79 Å². The number of carbonyl (C=O) groups is 1. The number of aromatic hydroxyl groups is 1. The number of hydrogen-bond donors (Lipinski definition) is 2. The van der Waals surface area contributed by atoms with Gasteiger partial charge >= 0.3 is 35.5 Å². The van der Waals surface area contributed by atoms with Crippen LogP contribution in [0.1, 0.15) is 38.5 Å².